The van der Waals surface area contributed by atoms with Gasteiger partial charge in [0.1, 0.15) is 0 Å². The quantitative estimate of drug-likeness (QED) is 0.827. The third-order valence-corrected chi connectivity index (χ3v) is 3.25. The van der Waals surface area contributed by atoms with Gasteiger partial charge in [-0.25, -0.2) is 0 Å². The molecule has 1 heterocycles. The monoisotopic (exact) mass is 208 g/mol. The van der Waals surface area contributed by atoms with Crippen LogP contribution in [0.4, 0.5) is 0 Å². The maximum absolute atomic E-state index is 9.67. The van der Waals surface area contributed by atoms with Gasteiger partial charge in [0.25, 0.3) is 0 Å². The van der Waals surface area contributed by atoms with Crippen molar-refractivity contribution in [3.05, 3.63) is 18.0 Å². The van der Waals surface area contributed by atoms with Gasteiger partial charge in [-0.3, -0.25) is 4.68 Å². The van der Waals surface area contributed by atoms with Crippen LogP contribution in [0.1, 0.15) is 50.6 Å². The van der Waals surface area contributed by atoms with Crippen LogP contribution < -0.4 is 0 Å². The van der Waals surface area contributed by atoms with Gasteiger partial charge < -0.3 is 5.11 Å². The molecule has 1 saturated carbocycles. The molecule has 0 bridgehead atoms. The molecule has 3 heteroatoms. The van der Waals surface area contributed by atoms with Gasteiger partial charge in [0.2, 0.25) is 0 Å². The smallest absolute Gasteiger partial charge is 0.0546 e. The molecule has 84 valence electrons. The van der Waals surface area contributed by atoms with Crippen LogP contribution in [0.5, 0.6) is 0 Å². The minimum Gasteiger partial charge on any atom is -0.393 e. The lowest BCUT2D eigenvalue weighted by Gasteiger charge is -2.26. The van der Waals surface area contributed by atoms with Crippen molar-refractivity contribution in [1.29, 1.82) is 0 Å². The molecular formula is C12H20N2O. The molecule has 1 N–H and O–H groups in total. The minimum absolute atomic E-state index is 0.103. The van der Waals surface area contributed by atoms with Crippen LogP contribution in [0, 0.1) is 0 Å². The van der Waals surface area contributed by atoms with E-state index >= 15 is 0 Å². The second-order valence-electron chi connectivity index (χ2n) is 4.50. The first-order valence-electron chi connectivity index (χ1n) is 6.01. The van der Waals surface area contributed by atoms with Gasteiger partial charge in [-0.1, -0.05) is 13.3 Å². The number of hydrogen-bond donors (Lipinski definition) is 1. The van der Waals surface area contributed by atoms with E-state index in [9.17, 15) is 5.11 Å². The second kappa shape index (κ2) is 4.79. The van der Waals surface area contributed by atoms with Crippen molar-refractivity contribution >= 4 is 0 Å². The minimum atomic E-state index is -0.103. The third kappa shape index (κ3) is 2.40. The Hall–Kier alpha value is -0.830. The second-order valence-corrected chi connectivity index (χ2v) is 4.50. The first kappa shape index (κ1) is 10.7. The van der Waals surface area contributed by atoms with E-state index in [1.807, 2.05) is 6.20 Å². The zero-order valence-electron chi connectivity index (χ0n) is 9.39. The number of aromatic nitrogens is 2. The van der Waals surface area contributed by atoms with E-state index < -0.39 is 0 Å². The predicted molar refractivity (Wildman–Crippen MR) is 59.7 cm³/mol. The summed E-state index contributed by atoms with van der Waals surface area (Å²) in [5, 5.41) is 14.0. The molecule has 0 aromatic carbocycles. The van der Waals surface area contributed by atoms with Gasteiger partial charge in [-0.05, 0) is 31.7 Å². The Morgan fingerprint density at radius 3 is 3.13 bits per heavy atom. The maximum atomic E-state index is 9.67. The average molecular weight is 208 g/mol. The zero-order valence-corrected chi connectivity index (χ0v) is 9.39. The molecule has 0 saturated heterocycles. The highest BCUT2D eigenvalue weighted by atomic mass is 16.3. The molecule has 0 amide bonds. The fourth-order valence-corrected chi connectivity index (χ4v) is 2.52. The van der Waals surface area contributed by atoms with Crippen LogP contribution in [-0.2, 0) is 6.54 Å². The summed E-state index contributed by atoms with van der Waals surface area (Å²) < 4.78 is 2.10. The summed E-state index contributed by atoms with van der Waals surface area (Å²) in [4.78, 5) is 0. The highest BCUT2D eigenvalue weighted by Crippen LogP contribution is 2.32. The van der Waals surface area contributed by atoms with E-state index in [2.05, 4.69) is 22.8 Å². The lowest BCUT2D eigenvalue weighted by molar-refractivity contribution is 0.117. The van der Waals surface area contributed by atoms with E-state index in [1.54, 1.807) is 0 Å². The Morgan fingerprint density at radius 2 is 2.40 bits per heavy atom. The Balaban J connectivity index is 2.10. The van der Waals surface area contributed by atoms with Crippen LogP contribution in [0.3, 0.4) is 0 Å². The average Bonchev–Trinajstić information content (AvgIpc) is 2.66. The van der Waals surface area contributed by atoms with Gasteiger partial charge in [-0.2, -0.15) is 5.10 Å². The topological polar surface area (TPSA) is 38.0 Å². The van der Waals surface area contributed by atoms with E-state index in [0.29, 0.717) is 5.92 Å². The highest BCUT2D eigenvalue weighted by molar-refractivity contribution is 5.09. The van der Waals surface area contributed by atoms with Crippen LogP contribution in [-0.4, -0.2) is 21.0 Å². The van der Waals surface area contributed by atoms with Crippen molar-refractivity contribution in [1.82, 2.24) is 9.78 Å². The normalized spacial score (nSPS) is 26.8. The summed E-state index contributed by atoms with van der Waals surface area (Å²) in [6.07, 6.45) is 7.12. The Bertz CT molecular complexity index is 308. The molecule has 2 rings (SSSR count). The number of hydrogen-bond acceptors (Lipinski definition) is 2. The van der Waals surface area contributed by atoms with Gasteiger partial charge in [-0.15, -0.1) is 0 Å². The summed E-state index contributed by atoms with van der Waals surface area (Å²) in [5.41, 5.74) is 1.32. The fraction of sp³-hybridized carbons (Fsp3) is 0.750. The molecule has 0 aliphatic heterocycles. The largest absolute Gasteiger partial charge is 0.393 e. The third-order valence-electron chi connectivity index (χ3n) is 3.25. The zero-order chi connectivity index (χ0) is 10.7. The molecule has 15 heavy (non-hydrogen) atoms. The summed E-state index contributed by atoms with van der Waals surface area (Å²) in [6, 6.07) is 2.11. The summed E-state index contributed by atoms with van der Waals surface area (Å²) in [5.74, 6) is 0.516. The number of rotatable bonds is 3. The molecule has 2 unspecified atom stereocenters. The molecule has 3 nitrogen and oxygen atoms in total. The van der Waals surface area contributed by atoms with Crippen molar-refractivity contribution in [3.63, 3.8) is 0 Å². The molecule has 1 aromatic heterocycles. The van der Waals surface area contributed by atoms with E-state index in [0.717, 1.165) is 32.2 Å². The van der Waals surface area contributed by atoms with Crippen LogP contribution in [0.2, 0.25) is 0 Å². The standard InChI is InChI=1S/C12H20N2O/c1-2-8-14-12(6-7-13-14)10-4-3-5-11(15)9-10/h6-7,10-11,15H,2-5,8-9H2,1H3. The fourth-order valence-electron chi connectivity index (χ4n) is 2.52. The first-order valence-corrected chi connectivity index (χ1v) is 6.01. The summed E-state index contributed by atoms with van der Waals surface area (Å²) >= 11 is 0. The molecule has 1 aliphatic rings. The molecule has 1 fully saturated rings. The van der Waals surface area contributed by atoms with E-state index in [1.165, 1.54) is 12.1 Å². The predicted octanol–water partition coefficient (Wildman–Crippen LogP) is 2.31. The van der Waals surface area contributed by atoms with E-state index in [-0.39, 0.29) is 6.10 Å². The van der Waals surface area contributed by atoms with Gasteiger partial charge >= 0.3 is 0 Å². The number of nitrogens with zero attached hydrogens (tertiary/aromatic N) is 2. The van der Waals surface area contributed by atoms with Crippen molar-refractivity contribution in [2.45, 2.75) is 57.6 Å². The molecule has 0 spiro atoms. The van der Waals surface area contributed by atoms with Crippen LogP contribution >= 0.6 is 0 Å². The molecule has 1 aliphatic carbocycles. The van der Waals surface area contributed by atoms with Crippen molar-refractivity contribution < 1.29 is 5.11 Å². The van der Waals surface area contributed by atoms with Gasteiger partial charge in [0.05, 0.1) is 6.10 Å². The summed E-state index contributed by atoms with van der Waals surface area (Å²) in [6.45, 7) is 3.16. The Labute approximate surface area is 91.1 Å². The van der Waals surface area contributed by atoms with Crippen LogP contribution in [0.25, 0.3) is 0 Å². The highest BCUT2D eigenvalue weighted by Gasteiger charge is 2.23. The lowest BCUT2D eigenvalue weighted by atomic mass is 9.85. The maximum Gasteiger partial charge on any atom is 0.0546 e. The van der Waals surface area contributed by atoms with Crippen LogP contribution in [0.15, 0.2) is 12.3 Å². The molecule has 1 aromatic rings. The number of aryl methyl sites for hydroxylation is 1. The van der Waals surface area contributed by atoms with Gasteiger partial charge in [0, 0.05) is 24.4 Å². The van der Waals surface area contributed by atoms with Crippen molar-refractivity contribution in [2.75, 3.05) is 0 Å². The molecular weight excluding hydrogens is 188 g/mol. The Morgan fingerprint density at radius 1 is 1.53 bits per heavy atom. The summed E-state index contributed by atoms with van der Waals surface area (Å²) in [7, 11) is 0. The lowest BCUT2D eigenvalue weighted by Crippen LogP contribution is -2.20. The first-order chi connectivity index (χ1) is 7.31. The van der Waals surface area contributed by atoms with E-state index in [4.69, 9.17) is 0 Å². The number of aliphatic hydroxyl groups is 1. The Kier molecular flexibility index (Phi) is 3.41. The number of aliphatic hydroxyl groups excluding tert-OH is 1. The van der Waals surface area contributed by atoms with Crippen molar-refractivity contribution in [3.8, 4) is 0 Å². The SMILES string of the molecule is CCCn1nccc1C1CCCC(O)C1. The van der Waals surface area contributed by atoms with Gasteiger partial charge in [0.15, 0.2) is 0 Å². The molecule has 2 atom stereocenters. The van der Waals surface area contributed by atoms with Crippen molar-refractivity contribution in [2.24, 2.45) is 0 Å². The molecule has 0 radical (unpaired) electrons.